The maximum Gasteiger partial charge on any atom is 2.00 e. The number of imidazole rings is 1. The molecule has 21 aromatic rings. The van der Waals surface area contributed by atoms with Crippen LogP contribution < -0.4 is 4.98 Å². The van der Waals surface area contributed by atoms with Crippen molar-refractivity contribution in [1.82, 2.24) is 135 Å². The zero-order valence-corrected chi connectivity index (χ0v) is 95.4. The van der Waals surface area contributed by atoms with Crippen LogP contribution in [0.5, 0.6) is 0 Å². The van der Waals surface area contributed by atoms with E-state index in [4.69, 9.17) is 13.2 Å². The molecule has 32 heteroatoms. The number of hydrogen-bond acceptors (Lipinski definition) is 15. The van der Waals surface area contributed by atoms with Crippen LogP contribution >= 0.6 is 0 Å². The third-order valence-corrected chi connectivity index (χ3v) is 16.4. The number of allylic oxidation sites excluding steroid dienone is 3. The zero-order chi connectivity index (χ0) is 97.9. The van der Waals surface area contributed by atoms with Crippen molar-refractivity contribution in [2.45, 2.75) is 179 Å². The van der Waals surface area contributed by atoms with E-state index in [1.54, 1.807) is 78.1 Å². The van der Waals surface area contributed by atoms with Crippen molar-refractivity contribution >= 4 is 75.4 Å². The van der Waals surface area contributed by atoms with Crippen LogP contribution in [0, 0.1) is 40.3 Å². The smallest absolute Gasteiger partial charge is 0.749 e. The zero-order valence-electron chi connectivity index (χ0n) is 83.6. The summed E-state index contributed by atoms with van der Waals surface area (Å²) in [7, 11) is 0. The van der Waals surface area contributed by atoms with Crippen LogP contribution in [0.2, 0.25) is 0 Å². The molecule has 0 atom stereocenters. The molecule has 0 aromatic carbocycles. The molecule has 28 nitrogen and oxygen atoms in total. The quantitative estimate of drug-likeness (QED) is 0.146. The molecular formula is C105H138N28W4. The summed E-state index contributed by atoms with van der Waals surface area (Å²) in [5.74, 6) is 3.69. The van der Waals surface area contributed by atoms with E-state index in [1.165, 1.54) is 33.7 Å². The first kappa shape index (κ1) is 128. The number of hydrogen-bond donors (Lipinski definition) is 0. The third kappa shape index (κ3) is 45.9. The van der Waals surface area contributed by atoms with E-state index in [0.717, 1.165) is 87.3 Å². The van der Waals surface area contributed by atoms with Gasteiger partial charge in [0.05, 0.1) is 40.7 Å². The van der Waals surface area contributed by atoms with Crippen LogP contribution in [0.25, 0.3) is 75.4 Å². The van der Waals surface area contributed by atoms with E-state index >= 15 is 0 Å². The molecule has 0 radical (unpaired) electrons. The maximum absolute atomic E-state index is 5.12. The van der Waals surface area contributed by atoms with Gasteiger partial charge < -0.3 is 39.6 Å². The number of rotatable bonds is 2. The Bertz CT molecular complexity index is 5520. The average molecular weight is 2530 g/mol. The minimum atomic E-state index is 0. The summed E-state index contributed by atoms with van der Waals surface area (Å²) in [5, 5.41) is 42.9. The third-order valence-electron chi connectivity index (χ3n) is 16.4. The molecule has 3 aliphatic heterocycles. The second kappa shape index (κ2) is 82.4. The first-order chi connectivity index (χ1) is 65.7. The van der Waals surface area contributed by atoms with Gasteiger partial charge >= 0.3 is 42.1 Å². The number of fused-ring (bicyclic) bond motifs is 11. The van der Waals surface area contributed by atoms with Gasteiger partial charge in [-0.2, -0.15) is 37.8 Å². The minimum Gasteiger partial charge on any atom is -0.749 e. The van der Waals surface area contributed by atoms with Gasteiger partial charge in [-0.1, -0.05) is 182 Å². The van der Waals surface area contributed by atoms with Crippen LogP contribution in [0.1, 0.15) is 179 Å². The van der Waals surface area contributed by atoms with Crippen LogP contribution in [0.4, 0.5) is 0 Å². The van der Waals surface area contributed by atoms with Crippen molar-refractivity contribution in [1.29, 1.82) is 0 Å². The molecule has 722 valence electrons. The van der Waals surface area contributed by atoms with Crippen LogP contribution in [-0.4, -0.2) is 130 Å². The van der Waals surface area contributed by atoms with E-state index in [9.17, 15) is 0 Å². The summed E-state index contributed by atoms with van der Waals surface area (Å²) in [6.07, 6.45) is 63.7. The molecule has 0 aliphatic carbocycles. The summed E-state index contributed by atoms with van der Waals surface area (Å²) >= 11 is 0. The first-order valence-electron chi connectivity index (χ1n) is 45.6. The molecule has 24 heterocycles. The van der Waals surface area contributed by atoms with E-state index in [2.05, 4.69) is 151 Å². The largest absolute Gasteiger partial charge is 2.00 e. The maximum atomic E-state index is 5.12. The molecule has 0 spiro atoms. The van der Waals surface area contributed by atoms with Gasteiger partial charge in [0, 0.05) is 227 Å². The van der Waals surface area contributed by atoms with Gasteiger partial charge in [-0.25, -0.2) is 47.9 Å². The molecule has 0 bridgehead atoms. The fourth-order valence-electron chi connectivity index (χ4n) is 10.7. The van der Waals surface area contributed by atoms with E-state index in [1.807, 2.05) is 428 Å². The van der Waals surface area contributed by atoms with Crippen molar-refractivity contribution < 1.29 is 84.3 Å². The van der Waals surface area contributed by atoms with Gasteiger partial charge in [-0.05, 0) is 159 Å². The van der Waals surface area contributed by atoms with Gasteiger partial charge in [0.1, 0.15) is 29.4 Å². The SMILES string of the molecule is C1=Cn2cccc2C1.C1=Cn2nccc2C1.CC.CC.CC.CC.CC.CC.CC.CC.CC.CC.Cc1nnc2ccccn12.Cc1nnc2n1C=CC2.[CH-]=Cc1ccc[n-]1.[CH-]=Cn1[c-]nnc1C.[W+2].[W+2].[W].[W].c1cc2cnccn2c1.c1ccn2cccc2c1.c1ccn2nccc2c1.c1cnc2cccn2c1.c1cnc2ccnn2c1.c1cnn2cccc2c1.c1cnn2cncc2c1. The second-order valence-corrected chi connectivity index (χ2v) is 23.9. The molecule has 24 rings (SSSR count). The summed E-state index contributed by atoms with van der Waals surface area (Å²) in [6, 6.07) is 59.3. The van der Waals surface area contributed by atoms with Gasteiger partial charge in [0.2, 0.25) is 0 Å². The molecule has 0 amide bonds. The Labute approximate surface area is 868 Å². The Kier molecular flexibility index (Phi) is 77.0. The molecule has 137 heavy (non-hydrogen) atoms. The Hall–Kier alpha value is -13.1. The van der Waals surface area contributed by atoms with Crippen LogP contribution in [-0.2, 0) is 104 Å². The summed E-state index contributed by atoms with van der Waals surface area (Å²) < 4.78 is 22.7. The van der Waals surface area contributed by atoms with E-state index in [-0.39, 0.29) is 84.3 Å². The van der Waals surface area contributed by atoms with Crippen molar-refractivity contribution in [2.75, 3.05) is 0 Å². The Morgan fingerprint density at radius 2 is 0.847 bits per heavy atom. The number of aromatic nitrogens is 28. The molecule has 0 unspecified atom stereocenters. The number of nitrogens with zero attached hydrogens (tertiary/aromatic N) is 28. The van der Waals surface area contributed by atoms with E-state index in [0.29, 0.717) is 0 Å². The van der Waals surface area contributed by atoms with Crippen molar-refractivity contribution in [3.05, 3.63) is 403 Å². The molecule has 0 N–H and O–H groups in total. The normalized spacial score (nSPS) is 9.51. The van der Waals surface area contributed by atoms with Crippen molar-refractivity contribution in [3.8, 4) is 0 Å². The van der Waals surface area contributed by atoms with Crippen LogP contribution in [0.3, 0.4) is 0 Å². The first-order valence-corrected chi connectivity index (χ1v) is 45.6. The summed E-state index contributed by atoms with van der Waals surface area (Å²) in [6.45, 7) is 55.9. The van der Waals surface area contributed by atoms with E-state index < -0.39 is 0 Å². The van der Waals surface area contributed by atoms with Crippen molar-refractivity contribution in [2.24, 2.45) is 0 Å². The number of pyridine rings is 3. The fourth-order valence-corrected chi connectivity index (χ4v) is 10.7. The monoisotopic (exact) mass is 2530 g/mol. The molecular weight excluding hydrogens is 2390 g/mol. The Balaban J connectivity index is -0.00000140. The minimum absolute atomic E-state index is 0. The predicted octanol–water partition coefficient (Wildman–Crippen LogP) is 24.4. The summed E-state index contributed by atoms with van der Waals surface area (Å²) in [4.78, 5) is 19.9. The summed E-state index contributed by atoms with van der Waals surface area (Å²) in [5.41, 5.74) is 12.0. The van der Waals surface area contributed by atoms with Crippen LogP contribution in [0.15, 0.2) is 343 Å². The number of aryl methyl sites for hydroxylation is 3. The Morgan fingerprint density at radius 3 is 1.45 bits per heavy atom. The fraction of sp³-hybridized carbons (Fsp3) is 0.248. The Morgan fingerprint density at radius 1 is 0.343 bits per heavy atom. The topological polar surface area (TPSA) is 262 Å². The average Bonchev–Trinajstić information content (AvgIpc) is 1.69. The van der Waals surface area contributed by atoms with Gasteiger partial charge in [-0.3, -0.25) is 32.8 Å². The molecule has 21 aromatic heterocycles. The predicted molar refractivity (Wildman–Crippen MR) is 551 cm³/mol. The molecule has 3 aliphatic rings. The molecule has 0 saturated carbocycles. The molecule has 0 fully saturated rings. The van der Waals surface area contributed by atoms with Gasteiger partial charge in [-0.15, -0.1) is 26.5 Å². The second-order valence-electron chi connectivity index (χ2n) is 23.9. The van der Waals surface area contributed by atoms with Crippen molar-refractivity contribution in [3.63, 3.8) is 0 Å². The standard InChI is InChI=1S/C8H7N.C7H7N3.4C7H6N2.C7H7N.C6H7N3.2C6H5N3.C6H6N2.C6H5N.C5H5N3.10C2H6.4W/c1-2-6-9-7-3-5-8(9)4-1;1-6-8-9-7-4-2-3-5-10(6)7;1-3-7-8-4-2-6-9(7)5-1;1-3-7-4-2-6-9(7)8-5-1;1-2-7-6-8-3-5-9(7)4-1;1-2-6-9-7(3-1)4-5-8-9;1-3-7-4-2-6-8(7)5-1;1-5-7-8-6-3-2-4-9(5)6;1-3-7-6-2-4-8-9(6)5-1;1-2-6-4-7-5-9(6)8-3-1;1-2-6-3-4-7-8(6)5-1;1-2-6-4-3-5-7-6;1-3-8-4-6-7-5(8)2;10*1-2;;;;/h1-7H;2-5H,1H3;4*1-6H;1-3,5-6H,4H2;2,4H,3H2,1H3;2*1-5H;1,3-5H,2H2;1-5H;1,3H,2H3;10*1-2H3;;;;/q;;;;;;;;;;;2*-2;;;;;;;;;;;;;2*+2. The molecule has 0 saturated heterocycles. The van der Waals surface area contributed by atoms with Gasteiger partial charge in [0.25, 0.3) is 0 Å². The van der Waals surface area contributed by atoms with Gasteiger partial charge in [0.15, 0.2) is 11.3 Å².